The van der Waals surface area contributed by atoms with Gasteiger partial charge >= 0.3 is 0 Å². The zero-order valence-corrected chi connectivity index (χ0v) is 18.5. The Morgan fingerprint density at radius 3 is 2.65 bits per heavy atom. The Morgan fingerprint density at radius 1 is 1.09 bits per heavy atom. The van der Waals surface area contributed by atoms with Crippen LogP contribution in [0, 0.1) is 5.82 Å². The zero-order chi connectivity index (χ0) is 23.7. The second-order valence-corrected chi connectivity index (χ2v) is 8.52. The van der Waals surface area contributed by atoms with Gasteiger partial charge in [0, 0.05) is 35.6 Å². The van der Waals surface area contributed by atoms with Crippen LogP contribution in [-0.4, -0.2) is 32.5 Å². The van der Waals surface area contributed by atoms with E-state index in [1.807, 2.05) is 47.2 Å². The van der Waals surface area contributed by atoms with Crippen molar-refractivity contribution in [3.8, 4) is 5.69 Å². The summed E-state index contributed by atoms with van der Waals surface area (Å²) in [4.78, 5) is 21.0. The van der Waals surface area contributed by atoms with Crippen LogP contribution in [0.3, 0.4) is 0 Å². The number of primary amides is 1. The third-order valence-corrected chi connectivity index (χ3v) is 6.26. The second kappa shape index (κ2) is 9.11. The molecule has 2 atom stereocenters. The highest BCUT2D eigenvalue weighted by atomic mass is 19.1. The van der Waals surface area contributed by atoms with Crippen molar-refractivity contribution in [2.45, 2.75) is 37.8 Å². The maximum Gasteiger partial charge on any atom is 0.252 e. The van der Waals surface area contributed by atoms with Crippen molar-refractivity contribution in [1.29, 1.82) is 0 Å². The van der Waals surface area contributed by atoms with Crippen LogP contribution in [0.2, 0.25) is 0 Å². The van der Waals surface area contributed by atoms with Gasteiger partial charge in [-0.15, -0.1) is 0 Å². The lowest BCUT2D eigenvalue weighted by Gasteiger charge is -2.30. The molecule has 0 bridgehead atoms. The summed E-state index contributed by atoms with van der Waals surface area (Å²) in [5, 5.41) is 7.13. The van der Waals surface area contributed by atoms with E-state index in [2.05, 4.69) is 20.6 Å². The minimum absolute atomic E-state index is 0.0385. The van der Waals surface area contributed by atoms with Crippen LogP contribution in [0.15, 0.2) is 60.9 Å². The first-order valence-electron chi connectivity index (χ1n) is 11.3. The molecule has 6 N–H and O–H groups in total. The van der Waals surface area contributed by atoms with E-state index in [1.54, 1.807) is 12.3 Å². The average Bonchev–Trinajstić information content (AvgIpc) is 3.28. The quantitative estimate of drug-likeness (QED) is 0.344. The number of hydrogen-bond acceptors (Lipinski definition) is 6. The van der Waals surface area contributed by atoms with E-state index in [0.717, 1.165) is 48.5 Å². The normalized spacial score (nSPS) is 18.1. The molecular weight excluding hydrogens is 433 g/mol. The van der Waals surface area contributed by atoms with Crippen LogP contribution in [0.25, 0.3) is 16.7 Å². The van der Waals surface area contributed by atoms with Gasteiger partial charge in [0.05, 0.1) is 11.3 Å². The number of fused-ring (bicyclic) bond motifs is 1. The van der Waals surface area contributed by atoms with Crippen LogP contribution in [0.5, 0.6) is 0 Å². The minimum atomic E-state index is -0.776. The van der Waals surface area contributed by atoms with E-state index in [0.29, 0.717) is 5.69 Å². The number of amides is 1. The van der Waals surface area contributed by atoms with E-state index >= 15 is 0 Å². The number of rotatable bonds is 6. The van der Waals surface area contributed by atoms with Gasteiger partial charge in [0.2, 0.25) is 0 Å². The van der Waals surface area contributed by atoms with Gasteiger partial charge in [0.1, 0.15) is 11.5 Å². The number of carbonyl (C=O) groups excluding carboxylic acids is 1. The van der Waals surface area contributed by atoms with E-state index in [1.165, 1.54) is 0 Å². The number of carbonyl (C=O) groups is 1. The SMILES string of the molecule is NC(=O)c1cc(F)c(NC2CCCCC2N)nc1Nc1ccnc2c1ccn2-c1ccccc1. The Labute approximate surface area is 196 Å². The van der Waals surface area contributed by atoms with Gasteiger partial charge in [-0.1, -0.05) is 31.0 Å². The van der Waals surface area contributed by atoms with Crippen LogP contribution >= 0.6 is 0 Å². The predicted molar refractivity (Wildman–Crippen MR) is 131 cm³/mol. The topological polar surface area (TPSA) is 124 Å². The van der Waals surface area contributed by atoms with Crippen molar-refractivity contribution in [3.05, 3.63) is 72.3 Å². The van der Waals surface area contributed by atoms with Gasteiger partial charge in [0.25, 0.3) is 5.91 Å². The third-order valence-electron chi connectivity index (χ3n) is 6.26. The largest absolute Gasteiger partial charge is 0.365 e. The first kappa shape index (κ1) is 21.8. The molecule has 9 heteroatoms. The van der Waals surface area contributed by atoms with Crippen molar-refractivity contribution < 1.29 is 9.18 Å². The minimum Gasteiger partial charge on any atom is -0.365 e. The Bertz CT molecular complexity index is 1340. The van der Waals surface area contributed by atoms with Crippen LogP contribution in [0.1, 0.15) is 36.0 Å². The zero-order valence-electron chi connectivity index (χ0n) is 18.5. The molecule has 34 heavy (non-hydrogen) atoms. The molecule has 0 spiro atoms. The lowest BCUT2D eigenvalue weighted by molar-refractivity contribution is 0.100. The highest BCUT2D eigenvalue weighted by Gasteiger charge is 2.24. The first-order chi connectivity index (χ1) is 16.5. The molecule has 1 aliphatic rings. The molecule has 4 aromatic rings. The molecule has 0 saturated heterocycles. The number of halogens is 1. The number of para-hydroxylation sites is 1. The second-order valence-electron chi connectivity index (χ2n) is 8.52. The van der Waals surface area contributed by atoms with Crippen molar-refractivity contribution in [3.63, 3.8) is 0 Å². The number of nitrogens with zero attached hydrogens (tertiary/aromatic N) is 3. The summed E-state index contributed by atoms with van der Waals surface area (Å²) in [5.74, 6) is -1.21. The van der Waals surface area contributed by atoms with Crippen molar-refractivity contribution >= 4 is 34.3 Å². The fraction of sp³-hybridized carbons (Fsp3) is 0.240. The molecule has 5 rings (SSSR count). The monoisotopic (exact) mass is 459 g/mol. The fourth-order valence-electron chi connectivity index (χ4n) is 4.46. The lowest BCUT2D eigenvalue weighted by atomic mass is 9.91. The van der Waals surface area contributed by atoms with Crippen LogP contribution in [0.4, 0.5) is 21.7 Å². The molecule has 174 valence electrons. The molecule has 3 aromatic heterocycles. The van der Waals surface area contributed by atoms with E-state index in [-0.39, 0.29) is 29.3 Å². The Kier molecular flexibility index (Phi) is 5.85. The molecule has 2 unspecified atom stereocenters. The van der Waals surface area contributed by atoms with E-state index in [9.17, 15) is 9.18 Å². The third kappa shape index (κ3) is 4.17. The molecule has 1 aromatic carbocycles. The van der Waals surface area contributed by atoms with Gasteiger partial charge < -0.3 is 26.7 Å². The summed E-state index contributed by atoms with van der Waals surface area (Å²) in [6.45, 7) is 0. The van der Waals surface area contributed by atoms with E-state index in [4.69, 9.17) is 11.5 Å². The highest BCUT2D eigenvalue weighted by Crippen LogP contribution is 2.30. The molecule has 1 saturated carbocycles. The maximum atomic E-state index is 14.8. The molecular formula is C25H26FN7O. The summed E-state index contributed by atoms with van der Waals surface area (Å²) in [7, 11) is 0. The summed E-state index contributed by atoms with van der Waals surface area (Å²) in [5.41, 5.74) is 14.1. The molecule has 3 heterocycles. The van der Waals surface area contributed by atoms with Crippen LogP contribution < -0.4 is 22.1 Å². The number of benzene rings is 1. The summed E-state index contributed by atoms with van der Waals surface area (Å²) in [6.07, 6.45) is 7.37. The van der Waals surface area contributed by atoms with Gasteiger partial charge in [-0.2, -0.15) is 0 Å². The number of nitrogens with one attached hydrogen (secondary N) is 2. The number of aromatic nitrogens is 3. The molecule has 1 aliphatic carbocycles. The highest BCUT2D eigenvalue weighted by molar-refractivity contribution is 6.00. The summed E-state index contributed by atoms with van der Waals surface area (Å²) >= 11 is 0. The number of nitrogens with two attached hydrogens (primary N) is 2. The Hall–Kier alpha value is -3.98. The molecule has 0 aliphatic heterocycles. The maximum absolute atomic E-state index is 14.8. The average molecular weight is 460 g/mol. The summed E-state index contributed by atoms with van der Waals surface area (Å²) in [6, 6.07) is 14.5. The van der Waals surface area contributed by atoms with Gasteiger partial charge in [-0.05, 0) is 43.2 Å². The Morgan fingerprint density at radius 2 is 1.88 bits per heavy atom. The van der Waals surface area contributed by atoms with Crippen molar-refractivity contribution in [2.75, 3.05) is 10.6 Å². The first-order valence-corrected chi connectivity index (χ1v) is 11.3. The summed E-state index contributed by atoms with van der Waals surface area (Å²) < 4.78 is 16.8. The Balaban J connectivity index is 1.52. The molecule has 1 amide bonds. The lowest BCUT2D eigenvalue weighted by Crippen LogP contribution is -2.43. The van der Waals surface area contributed by atoms with Crippen LogP contribution in [-0.2, 0) is 0 Å². The molecule has 1 fully saturated rings. The smallest absolute Gasteiger partial charge is 0.252 e. The van der Waals surface area contributed by atoms with Gasteiger partial charge in [0.15, 0.2) is 11.6 Å². The number of hydrogen-bond donors (Lipinski definition) is 4. The number of pyridine rings is 2. The van der Waals surface area contributed by atoms with Crippen molar-refractivity contribution in [1.82, 2.24) is 14.5 Å². The van der Waals surface area contributed by atoms with E-state index < -0.39 is 11.7 Å². The molecule has 0 radical (unpaired) electrons. The predicted octanol–water partition coefficient (Wildman–Crippen LogP) is 4.08. The van der Waals surface area contributed by atoms with Crippen molar-refractivity contribution in [2.24, 2.45) is 11.5 Å². The van der Waals surface area contributed by atoms with Gasteiger partial charge in [-0.25, -0.2) is 14.4 Å². The number of anilines is 3. The fourth-order valence-corrected chi connectivity index (χ4v) is 4.46. The standard InChI is InChI=1S/C25H26FN7O/c26-18-14-17(22(28)34)23(32-24(18)31-21-9-5-4-8-19(21)27)30-20-10-12-29-25-16(20)11-13-33(25)15-6-2-1-3-7-15/h1-3,6-7,10-14,19,21H,4-5,8-9,27H2,(H2,28,34)(H2,29,30,31,32). The van der Waals surface area contributed by atoms with Gasteiger partial charge in [-0.3, -0.25) is 4.79 Å². The molecule has 8 nitrogen and oxygen atoms in total.